The van der Waals surface area contributed by atoms with Crippen molar-refractivity contribution in [1.29, 1.82) is 5.41 Å². The highest BCUT2D eigenvalue weighted by atomic mass is 15.1. The van der Waals surface area contributed by atoms with Crippen LogP contribution in [0.15, 0.2) is 163 Å². The molecular formula is C42H32N4. The number of allylic oxidation sites excluding steroid dienone is 4. The van der Waals surface area contributed by atoms with Crippen molar-refractivity contribution >= 4 is 34.1 Å². The Morgan fingerprint density at radius 1 is 0.696 bits per heavy atom. The Morgan fingerprint density at radius 3 is 2.11 bits per heavy atom. The molecule has 0 saturated heterocycles. The molecule has 0 spiro atoms. The standard InChI is InChI=1S/C42H32N4/c43-28-36(29-14-4-1-5-15-29)41-35-21-11-10-20-34(35)39(40(45-41)31-16-6-2-7-17-31)30-24-26-32(27-25-30)42-44-37-22-12-13-23-38(37)46(42)33-18-8-3-9-19-33/h1,3-6,8-28,43,45H,2,7H2/b41-36+,43-28?. The Hall–Kier alpha value is -6.00. The van der Waals surface area contributed by atoms with Crippen LogP contribution in [0.5, 0.6) is 0 Å². The summed E-state index contributed by atoms with van der Waals surface area (Å²) in [5.41, 5.74) is 13.7. The Morgan fingerprint density at radius 2 is 1.37 bits per heavy atom. The molecule has 0 amide bonds. The molecule has 0 atom stereocenters. The largest absolute Gasteiger partial charge is 0.353 e. The molecule has 8 rings (SSSR count). The minimum Gasteiger partial charge on any atom is -0.353 e. The van der Waals surface area contributed by atoms with E-state index in [1.54, 1.807) is 0 Å². The van der Waals surface area contributed by atoms with Crippen molar-refractivity contribution < 1.29 is 0 Å². The van der Waals surface area contributed by atoms with E-state index in [1.807, 2.05) is 30.3 Å². The molecule has 0 unspecified atom stereocenters. The third-order valence-electron chi connectivity index (χ3n) is 8.75. The summed E-state index contributed by atoms with van der Waals surface area (Å²) in [5, 5.41) is 12.3. The Kier molecular flexibility index (Phi) is 7.08. The number of nitrogens with one attached hydrogen (secondary N) is 2. The topological polar surface area (TPSA) is 53.7 Å². The second kappa shape index (κ2) is 11.8. The van der Waals surface area contributed by atoms with Crippen LogP contribution in [0, 0.1) is 5.41 Å². The molecule has 46 heavy (non-hydrogen) atoms. The van der Waals surface area contributed by atoms with Gasteiger partial charge in [0.2, 0.25) is 0 Å². The molecule has 2 N–H and O–H groups in total. The zero-order valence-electron chi connectivity index (χ0n) is 25.3. The van der Waals surface area contributed by atoms with Gasteiger partial charge in [0.25, 0.3) is 0 Å². The summed E-state index contributed by atoms with van der Waals surface area (Å²) >= 11 is 0. The molecular weight excluding hydrogens is 560 g/mol. The maximum absolute atomic E-state index is 8.45. The Balaban J connectivity index is 1.31. The molecule has 0 bridgehead atoms. The maximum Gasteiger partial charge on any atom is 0.145 e. The molecule has 4 nitrogen and oxygen atoms in total. The van der Waals surface area contributed by atoms with Gasteiger partial charge in [0.1, 0.15) is 5.82 Å². The summed E-state index contributed by atoms with van der Waals surface area (Å²) in [6, 6.07) is 46.3. The van der Waals surface area contributed by atoms with Gasteiger partial charge in [0.05, 0.1) is 22.4 Å². The van der Waals surface area contributed by atoms with Crippen LogP contribution in [0.2, 0.25) is 0 Å². The molecule has 1 aromatic heterocycles. The van der Waals surface area contributed by atoms with Gasteiger partial charge in [-0.1, -0.05) is 127 Å². The number of aromatic nitrogens is 2. The number of benzene rings is 5. The molecule has 0 saturated carbocycles. The Labute approximate surface area is 268 Å². The van der Waals surface area contributed by atoms with Crippen LogP contribution < -0.4 is 5.32 Å². The van der Waals surface area contributed by atoms with Gasteiger partial charge in [0.15, 0.2) is 0 Å². The van der Waals surface area contributed by atoms with E-state index in [0.29, 0.717) is 0 Å². The van der Waals surface area contributed by atoms with E-state index in [9.17, 15) is 0 Å². The molecule has 220 valence electrons. The zero-order valence-corrected chi connectivity index (χ0v) is 25.3. The van der Waals surface area contributed by atoms with Gasteiger partial charge in [-0.3, -0.25) is 4.57 Å². The number of hydrogen-bond acceptors (Lipinski definition) is 3. The van der Waals surface area contributed by atoms with Gasteiger partial charge in [-0.2, -0.15) is 0 Å². The fraction of sp³-hybridized carbons (Fsp3) is 0.0476. The molecule has 4 heteroatoms. The van der Waals surface area contributed by atoms with Crippen molar-refractivity contribution in [3.8, 4) is 17.1 Å². The summed E-state index contributed by atoms with van der Waals surface area (Å²) in [6.45, 7) is 0. The molecule has 2 aliphatic rings. The van der Waals surface area contributed by atoms with Crippen molar-refractivity contribution in [3.63, 3.8) is 0 Å². The van der Waals surface area contributed by atoms with Crippen LogP contribution >= 0.6 is 0 Å². The average molecular weight is 593 g/mol. The van der Waals surface area contributed by atoms with Gasteiger partial charge in [-0.05, 0) is 59.4 Å². The lowest BCUT2D eigenvalue weighted by Crippen LogP contribution is -2.23. The number of para-hydroxylation sites is 3. The lowest BCUT2D eigenvalue weighted by Gasteiger charge is -2.30. The fourth-order valence-electron chi connectivity index (χ4n) is 6.60. The van der Waals surface area contributed by atoms with E-state index in [-0.39, 0.29) is 0 Å². The first-order valence-electron chi connectivity index (χ1n) is 15.7. The van der Waals surface area contributed by atoms with Crippen LogP contribution in [0.1, 0.15) is 35.1 Å². The second-order valence-electron chi connectivity index (χ2n) is 11.5. The first kappa shape index (κ1) is 27.5. The van der Waals surface area contributed by atoms with Gasteiger partial charge in [-0.25, -0.2) is 4.98 Å². The van der Waals surface area contributed by atoms with E-state index in [1.165, 1.54) is 11.8 Å². The number of rotatable bonds is 6. The molecule has 1 aliphatic heterocycles. The number of imidazole rings is 1. The van der Waals surface area contributed by atoms with Crippen molar-refractivity contribution in [1.82, 2.24) is 14.9 Å². The van der Waals surface area contributed by atoms with Crippen LogP contribution in [-0.2, 0) is 0 Å². The molecule has 2 heterocycles. The predicted molar refractivity (Wildman–Crippen MR) is 191 cm³/mol. The molecule has 0 fully saturated rings. The zero-order chi connectivity index (χ0) is 30.9. The van der Waals surface area contributed by atoms with Crippen molar-refractivity contribution in [2.45, 2.75) is 12.8 Å². The fourth-order valence-corrected chi connectivity index (χ4v) is 6.60. The predicted octanol–water partition coefficient (Wildman–Crippen LogP) is 9.85. The van der Waals surface area contributed by atoms with E-state index in [4.69, 9.17) is 10.4 Å². The molecule has 5 aromatic carbocycles. The first-order chi connectivity index (χ1) is 22.8. The third-order valence-corrected chi connectivity index (χ3v) is 8.75. The van der Waals surface area contributed by atoms with Crippen molar-refractivity contribution in [2.24, 2.45) is 0 Å². The van der Waals surface area contributed by atoms with Gasteiger partial charge in [-0.15, -0.1) is 0 Å². The maximum atomic E-state index is 8.45. The summed E-state index contributed by atoms with van der Waals surface area (Å²) in [4.78, 5) is 5.09. The van der Waals surface area contributed by atoms with E-state index in [0.717, 1.165) is 85.7 Å². The van der Waals surface area contributed by atoms with E-state index >= 15 is 0 Å². The number of fused-ring (bicyclic) bond motifs is 2. The second-order valence-corrected chi connectivity index (χ2v) is 11.5. The minimum absolute atomic E-state index is 0.861. The summed E-state index contributed by atoms with van der Waals surface area (Å²) in [7, 11) is 0. The van der Waals surface area contributed by atoms with Gasteiger partial charge >= 0.3 is 0 Å². The van der Waals surface area contributed by atoms with Gasteiger partial charge < -0.3 is 10.7 Å². The smallest absolute Gasteiger partial charge is 0.145 e. The lowest BCUT2D eigenvalue weighted by atomic mass is 9.83. The van der Waals surface area contributed by atoms with Crippen LogP contribution in [-0.4, -0.2) is 15.8 Å². The van der Waals surface area contributed by atoms with Crippen LogP contribution in [0.3, 0.4) is 0 Å². The summed E-state index contributed by atoms with van der Waals surface area (Å²) < 4.78 is 2.24. The van der Waals surface area contributed by atoms with Crippen LogP contribution in [0.4, 0.5) is 0 Å². The highest BCUT2D eigenvalue weighted by Crippen LogP contribution is 2.42. The molecule has 0 radical (unpaired) electrons. The molecule has 6 aromatic rings. The molecule has 1 aliphatic carbocycles. The monoisotopic (exact) mass is 592 g/mol. The van der Waals surface area contributed by atoms with Crippen molar-refractivity contribution in [3.05, 3.63) is 185 Å². The summed E-state index contributed by atoms with van der Waals surface area (Å²) in [6.07, 6.45) is 10.3. The van der Waals surface area contributed by atoms with E-state index < -0.39 is 0 Å². The van der Waals surface area contributed by atoms with Crippen LogP contribution in [0.25, 0.3) is 45.0 Å². The SMILES string of the molecule is N=C/C(=C1\NC(C2=CCCC=C2)=C(c2ccc(-c3nc4ccccc4n3-c3ccccc3)cc2)c2ccccc21)c1ccccc1. The highest BCUT2D eigenvalue weighted by molar-refractivity contribution is 6.19. The first-order valence-corrected chi connectivity index (χ1v) is 15.7. The van der Waals surface area contributed by atoms with Gasteiger partial charge in [0, 0.05) is 34.2 Å². The summed E-state index contributed by atoms with van der Waals surface area (Å²) in [5.74, 6) is 0.914. The minimum atomic E-state index is 0.861. The normalized spacial score (nSPS) is 15.3. The quantitative estimate of drug-likeness (QED) is 0.189. The highest BCUT2D eigenvalue weighted by Gasteiger charge is 2.27. The Bertz CT molecular complexity index is 2210. The lowest BCUT2D eigenvalue weighted by molar-refractivity contribution is 0.995. The van der Waals surface area contributed by atoms with Crippen molar-refractivity contribution in [2.75, 3.05) is 0 Å². The third kappa shape index (κ3) is 4.81. The number of hydrogen-bond donors (Lipinski definition) is 2. The number of nitrogens with zero attached hydrogens (tertiary/aromatic N) is 2. The average Bonchev–Trinajstić information content (AvgIpc) is 3.53. The van der Waals surface area contributed by atoms with E-state index in [2.05, 4.69) is 131 Å².